The lowest BCUT2D eigenvalue weighted by Crippen LogP contribution is -2.33. The Labute approximate surface area is 149 Å². The van der Waals surface area contributed by atoms with Crippen molar-refractivity contribution in [1.82, 2.24) is 14.7 Å². The van der Waals surface area contributed by atoms with Crippen molar-refractivity contribution in [3.8, 4) is 0 Å². The van der Waals surface area contributed by atoms with Crippen molar-refractivity contribution >= 4 is 29.7 Å². The Bertz CT molecular complexity index is 887. The van der Waals surface area contributed by atoms with Crippen LogP contribution < -0.4 is 5.32 Å². The van der Waals surface area contributed by atoms with E-state index in [1.165, 1.54) is 28.8 Å². The second-order valence-electron chi connectivity index (χ2n) is 5.93. The van der Waals surface area contributed by atoms with Crippen LogP contribution in [0.5, 0.6) is 0 Å². The van der Waals surface area contributed by atoms with Gasteiger partial charge >= 0.3 is 5.97 Å². The molecular weight excluding hydrogens is 336 g/mol. The molecule has 0 radical (unpaired) electrons. The van der Waals surface area contributed by atoms with Gasteiger partial charge in [-0.3, -0.25) is 19.1 Å². The van der Waals surface area contributed by atoms with E-state index in [0.717, 1.165) is 11.1 Å². The summed E-state index contributed by atoms with van der Waals surface area (Å²) >= 11 is 0. The number of anilines is 1. The van der Waals surface area contributed by atoms with Gasteiger partial charge in [-0.25, -0.2) is 0 Å². The van der Waals surface area contributed by atoms with E-state index in [9.17, 15) is 14.4 Å². The van der Waals surface area contributed by atoms with Crippen LogP contribution in [-0.2, 0) is 20.9 Å². The van der Waals surface area contributed by atoms with Crippen LogP contribution in [-0.4, -0.2) is 37.6 Å². The third-order valence-corrected chi connectivity index (χ3v) is 4.05. The van der Waals surface area contributed by atoms with Crippen molar-refractivity contribution in [2.75, 3.05) is 5.32 Å². The Balaban J connectivity index is 1.74. The molecule has 0 saturated heterocycles. The Morgan fingerprint density at radius 1 is 1.23 bits per heavy atom. The van der Waals surface area contributed by atoms with Crippen LogP contribution >= 0.6 is 0 Å². The number of aliphatic carboxylic acids is 1. The number of nitrogens with one attached hydrogen (secondary N) is 1. The first-order valence-corrected chi connectivity index (χ1v) is 8.05. The summed E-state index contributed by atoms with van der Waals surface area (Å²) < 4.78 is 1.22. The SMILES string of the molecule is CC(=O)N1C=Cc2ccccc2[C@H]1CC(=O)Nc1ccn(CC(=O)O)n1. The second kappa shape index (κ2) is 7.22. The number of rotatable bonds is 5. The van der Waals surface area contributed by atoms with Gasteiger partial charge in [-0.2, -0.15) is 5.10 Å². The van der Waals surface area contributed by atoms with E-state index in [1.54, 1.807) is 6.20 Å². The van der Waals surface area contributed by atoms with E-state index >= 15 is 0 Å². The van der Waals surface area contributed by atoms with Crippen molar-refractivity contribution in [3.63, 3.8) is 0 Å². The molecule has 2 N–H and O–H groups in total. The average Bonchev–Trinajstić information content (AvgIpc) is 3.00. The molecule has 1 aromatic heterocycles. The van der Waals surface area contributed by atoms with Gasteiger partial charge in [0.15, 0.2) is 5.82 Å². The van der Waals surface area contributed by atoms with Crippen molar-refractivity contribution < 1.29 is 19.5 Å². The number of carbonyl (C=O) groups excluding carboxylic acids is 2. The Morgan fingerprint density at radius 3 is 2.73 bits per heavy atom. The lowest BCUT2D eigenvalue weighted by Gasteiger charge is -2.32. The van der Waals surface area contributed by atoms with E-state index in [4.69, 9.17) is 5.11 Å². The van der Waals surface area contributed by atoms with Crippen LogP contribution in [0.1, 0.15) is 30.5 Å². The van der Waals surface area contributed by atoms with Crippen molar-refractivity contribution in [3.05, 3.63) is 53.9 Å². The minimum Gasteiger partial charge on any atom is -0.480 e. The summed E-state index contributed by atoms with van der Waals surface area (Å²) in [5.41, 5.74) is 1.87. The molecule has 1 aromatic carbocycles. The summed E-state index contributed by atoms with van der Waals surface area (Å²) in [6.07, 6.45) is 5.07. The highest BCUT2D eigenvalue weighted by molar-refractivity contribution is 5.91. The number of fused-ring (bicyclic) bond motifs is 1. The van der Waals surface area contributed by atoms with Crippen LogP contribution in [0, 0.1) is 0 Å². The normalized spacial score (nSPS) is 15.4. The molecule has 3 rings (SSSR count). The maximum absolute atomic E-state index is 12.5. The van der Waals surface area contributed by atoms with Gasteiger partial charge in [-0.05, 0) is 17.2 Å². The highest BCUT2D eigenvalue weighted by Gasteiger charge is 2.28. The van der Waals surface area contributed by atoms with Gasteiger partial charge in [0.1, 0.15) is 6.54 Å². The van der Waals surface area contributed by atoms with E-state index < -0.39 is 12.0 Å². The third-order valence-electron chi connectivity index (χ3n) is 4.05. The van der Waals surface area contributed by atoms with Crippen LogP contribution in [0.4, 0.5) is 5.82 Å². The molecule has 0 spiro atoms. The van der Waals surface area contributed by atoms with Crippen molar-refractivity contribution in [2.24, 2.45) is 0 Å². The lowest BCUT2D eigenvalue weighted by molar-refractivity contribution is -0.138. The number of benzene rings is 1. The summed E-state index contributed by atoms with van der Waals surface area (Å²) in [5.74, 6) is -1.22. The predicted molar refractivity (Wildman–Crippen MR) is 93.8 cm³/mol. The Kier molecular flexibility index (Phi) is 4.83. The van der Waals surface area contributed by atoms with E-state index in [0.29, 0.717) is 0 Å². The number of amides is 2. The van der Waals surface area contributed by atoms with Gasteiger partial charge in [-0.15, -0.1) is 0 Å². The Morgan fingerprint density at radius 2 is 2.00 bits per heavy atom. The average molecular weight is 354 g/mol. The molecule has 0 fully saturated rings. The summed E-state index contributed by atoms with van der Waals surface area (Å²) in [4.78, 5) is 36.6. The number of carbonyl (C=O) groups is 3. The highest BCUT2D eigenvalue weighted by Crippen LogP contribution is 2.32. The van der Waals surface area contributed by atoms with E-state index in [2.05, 4.69) is 10.4 Å². The highest BCUT2D eigenvalue weighted by atomic mass is 16.4. The molecule has 0 unspecified atom stereocenters. The molecule has 26 heavy (non-hydrogen) atoms. The molecule has 8 nitrogen and oxygen atoms in total. The van der Waals surface area contributed by atoms with Gasteiger partial charge in [0, 0.05) is 25.4 Å². The fraction of sp³-hybridized carbons (Fsp3) is 0.222. The smallest absolute Gasteiger partial charge is 0.325 e. The number of hydrogen-bond donors (Lipinski definition) is 2. The van der Waals surface area contributed by atoms with Crippen molar-refractivity contribution in [2.45, 2.75) is 25.9 Å². The van der Waals surface area contributed by atoms with E-state index in [1.807, 2.05) is 30.3 Å². The second-order valence-corrected chi connectivity index (χ2v) is 5.93. The number of carboxylic acids is 1. The van der Waals surface area contributed by atoms with Crippen LogP contribution in [0.3, 0.4) is 0 Å². The molecule has 2 aromatic rings. The fourth-order valence-corrected chi connectivity index (χ4v) is 2.94. The van der Waals surface area contributed by atoms with Crippen LogP contribution in [0.15, 0.2) is 42.7 Å². The lowest BCUT2D eigenvalue weighted by atomic mass is 9.93. The van der Waals surface area contributed by atoms with Gasteiger partial charge in [-0.1, -0.05) is 24.3 Å². The summed E-state index contributed by atoms with van der Waals surface area (Å²) in [5, 5.41) is 15.4. The number of carboxylic acid groups (broad SMARTS) is 1. The number of hydrogen-bond acceptors (Lipinski definition) is 4. The molecule has 1 atom stereocenters. The van der Waals surface area contributed by atoms with Crippen LogP contribution in [0.2, 0.25) is 0 Å². The zero-order valence-corrected chi connectivity index (χ0v) is 14.1. The van der Waals surface area contributed by atoms with Crippen LogP contribution in [0.25, 0.3) is 6.08 Å². The summed E-state index contributed by atoms with van der Waals surface area (Å²) in [6.45, 7) is 1.17. The molecule has 1 aliphatic heterocycles. The molecular formula is C18H18N4O4. The maximum Gasteiger partial charge on any atom is 0.325 e. The summed E-state index contributed by atoms with van der Waals surface area (Å²) in [6, 6.07) is 8.72. The predicted octanol–water partition coefficient (Wildman–Crippen LogP) is 1.87. The van der Waals surface area contributed by atoms with Gasteiger partial charge in [0.2, 0.25) is 11.8 Å². The summed E-state index contributed by atoms with van der Waals surface area (Å²) in [7, 11) is 0. The molecule has 2 heterocycles. The molecule has 8 heteroatoms. The first-order valence-electron chi connectivity index (χ1n) is 8.05. The zero-order valence-electron chi connectivity index (χ0n) is 14.1. The monoisotopic (exact) mass is 354 g/mol. The molecule has 1 aliphatic rings. The first kappa shape index (κ1) is 17.4. The fourth-order valence-electron chi connectivity index (χ4n) is 2.94. The third kappa shape index (κ3) is 3.80. The minimum atomic E-state index is -1.02. The molecule has 0 saturated carbocycles. The topological polar surface area (TPSA) is 105 Å². The molecule has 0 aliphatic carbocycles. The first-order chi connectivity index (χ1) is 12.4. The number of aromatic nitrogens is 2. The van der Waals surface area contributed by atoms with Gasteiger partial charge < -0.3 is 15.3 Å². The minimum absolute atomic E-state index is 0.0622. The Hall–Kier alpha value is -3.42. The molecule has 0 bridgehead atoms. The maximum atomic E-state index is 12.5. The largest absolute Gasteiger partial charge is 0.480 e. The molecule has 134 valence electrons. The molecule has 2 amide bonds. The number of nitrogens with zero attached hydrogens (tertiary/aromatic N) is 3. The van der Waals surface area contributed by atoms with Crippen molar-refractivity contribution in [1.29, 1.82) is 0 Å². The van der Waals surface area contributed by atoms with Gasteiger partial charge in [0.25, 0.3) is 0 Å². The quantitative estimate of drug-likeness (QED) is 0.853. The van der Waals surface area contributed by atoms with Gasteiger partial charge in [0.05, 0.1) is 12.5 Å². The zero-order chi connectivity index (χ0) is 18.7. The van der Waals surface area contributed by atoms with E-state index in [-0.39, 0.29) is 30.6 Å². The standard InChI is InChI=1S/C18H18N4O4/c1-12(23)22-9-6-13-4-2-3-5-14(13)15(22)10-17(24)19-16-7-8-21(20-16)11-18(25)26/h2-9,15H,10-11H2,1H3,(H,25,26)(H,19,20,24)/t15-/m1/s1.